The lowest BCUT2D eigenvalue weighted by Gasteiger charge is -2.18. The van der Waals surface area contributed by atoms with Gasteiger partial charge in [0.25, 0.3) is 0 Å². The van der Waals surface area contributed by atoms with E-state index in [-0.39, 0.29) is 5.56 Å². The molecule has 0 fully saturated rings. The lowest BCUT2D eigenvalue weighted by atomic mass is 10.1. The van der Waals surface area contributed by atoms with Gasteiger partial charge in [0, 0.05) is 24.7 Å². The Morgan fingerprint density at radius 3 is 2.71 bits per heavy atom. The lowest BCUT2D eigenvalue weighted by Crippen LogP contribution is -2.22. The van der Waals surface area contributed by atoms with Crippen LogP contribution in [0.3, 0.4) is 0 Å². The van der Waals surface area contributed by atoms with Crippen molar-refractivity contribution in [3.8, 4) is 5.75 Å². The van der Waals surface area contributed by atoms with Crippen LogP contribution in [0.4, 0.5) is 11.8 Å². The van der Waals surface area contributed by atoms with Crippen molar-refractivity contribution in [1.82, 2.24) is 19.3 Å². The van der Waals surface area contributed by atoms with E-state index >= 15 is 0 Å². The summed E-state index contributed by atoms with van der Waals surface area (Å²) in [5.41, 5.74) is 7.59. The number of hydrogen-bond acceptors (Lipinski definition) is 5. The summed E-state index contributed by atoms with van der Waals surface area (Å²) in [5, 5.41) is 4.40. The number of ether oxygens (including phenoxy) is 1. The number of rotatable bonds is 8. The second kappa shape index (κ2) is 7.55. The van der Waals surface area contributed by atoms with E-state index in [9.17, 15) is 9.59 Å². The van der Waals surface area contributed by atoms with Crippen LogP contribution in [0, 0.1) is 6.92 Å². The molecule has 0 aliphatic rings. The molecule has 146 valence electrons. The van der Waals surface area contributed by atoms with Crippen molar-refractivity contribution in [2.75, 3.05) is 12.0 Å². The van der Waals surface area contributed by atoms with Crippen molar-refractivity contribution >= 4 is 35.1 Å². The number of aromatic nitrogens is 4. The van der Waals surface area contributed by atoms with Crippen molar-refractivity contribution in [3.05, 3.63) is 42.1 Å². The summed E-state index contributed by atoms with van der Waals surface area (Å²) < 4.78 is 8.97. The van der Waals surface area contributed by atoms with Gasteiger partial charge in [-0.3, -0.25) is 9.59 Å². The van der Waals surface area contributed by atoms with Crippen LogP contribution in [0.15, 0.2) is 30.9 Å². The topological polar surface area (TPSA) is 108 Å². The quantitative estimate of drug-likeness (QED) is 0.474. The number of allylic oxidation sites excluding steroid dienone is 1. The Bertz CT molecular complexity index is 1070. The maximum absolute atomic E-state index is 12.0. The Hall–Kier alpha value is -3.62. The second-order valence-corrected chi connectivity index (χ2v) is 6.16. The number of anilines is 2. The van der Waals surface area contributed by atoms with Crippen molar-refractivity contribution in [2.24, 2.45) is 5.73 Å². The second-order valence-electron chi connectivity index (χ2n) is 6.16. The van der Waals surface area contributed by atoms with Gasteiger partial charge in [-0.25, -0.2) is 14.6 Å². The number of primary amides is 1. The molecular formula is C19H22N6O3. The molecule has 0 spiro atoms. The highest BCUT2D eigenvalue weighted by atomic mass is 16.5. The Kier molecular flexibility index (Phi) is 5.16. The molecule has 3 rings (SSSR count). The number of amides is 2. The van der Waals surface area contributed by atoms with Gasteiger partial charge in [0.1, 0.15) is 17.1 Å². The zero-order valence-corrected chi connectivity index (χ0v) is 16.0. The maximum Gasteiger partial charge on any atom is 0.248 e. The fourth-order valence-electron chi connectivity index (χ4n) is 3.16. The van der Waals surface area contributed by atoms with Gasteiger partial charge in [-0.15, -0.1) is 6.58 Å². The minimum atomic E-state index is -0.591. The SMILES string of the molecule is C=CCn1c(N(C=O)c2cc(C)nn2CC)nc2cc(C(N)=O)cc(OC)c21. The number of carbonyl (C=O) groups excluding carboxylic acids is 2. The molecule has 2 aromatic heterocycles. The number of aryl methyl sites for hydroxylation is 2. The summed E-state index contributed by atoms with van der Waals surface area (Å²) in [6.45, 7) is 8.55. The number of hydrogen-bond donors (Lipinski definition) is 1. The van der Waals surface area contributed by atoms with Crippen LogP contribution in [-0.2, 0) is 17.9 Å². The largest absolute Gasteiger partial charge is 0.494 e. The minimum absolute atomic E-state index is 0.270. The van der Waals surface area contributed by atoms with Gasteiger partial charge < -0.3 is 15.0 Å². The number of carbonyl (C=O) groups is 2. The highest BCUT2D eigenvalue weighted by Crippen LogP contribution is 2.34. The molecule has 0 unspecified atom stereocenters. The number of imidazole rings is 1. The van der Waals surface area contributed by atoms with Crippen LogP contribution < -0.4 is 15.4 Å². The van der Waals surface area contributed by atoms with Crippen molar-refractivity contribution in [2.45, 2.75) is 26.9 Å². The van der Waals surface area contributed by atoms with E-state index in [4.69, 9.17) is 10.5 Å². The molecule has 2 amide bonds. The Balaban J connectivity index is 2.32. The van der Waals surface area contributed by atoms with Gasteiger partial charge >= 0.3 is 0 Å². The van der Waals surface area contributed by atoms with Crippen LogP contribution in [0.5, 0.6) is 5.75 Å². The van der Waals surface area contributed by atoms with Crippen LogP contribution in [0.1, 0.15) is 23.0 Å². The predicted molar refractivity (Wildman–Crippen MR) is 106 cm³/mol. The molecule has 3 aromatic rings. The van der Waals surface area contributed by atoms with Crippen molar-refractivity contribution < 1.29 is 14.3 Å². The molecule has 0 atom stereocenters. The fourth-order valence-corrected chi connectivity index (χ4v) is 3.16. The molecule has 0 saturated carbocycles. The molecule has 9 nitrogen and oxygen atoms in total. The Morgan fingerprint density at radius 1 is 1.39 bits per heavy atom. The molecule has 0 bridgehead atoms. The van der Waals surface area contributed by atoms with Crippen molar-refractivity contribution in [1.29, 1.82) is 0 Å². The molecule has 0 aliphatic heterocycles. The molecule has 1 aromatic carbocycles. The highest BCUT2D eigenvalue weighted by Gasteiger charge is 2.24. The number of nitrogens with zero attached hydrogens (tertiary/aromatic N) is 5. The third-order valence-electron chi connectivity index (χ3n) is 4.35. The third kappa shape index (κ3) is 3.11. The van der Waals surface area contributed by atoms with E-state index in [0.717, 1.165) is 5.69 Å². The normalized spacial score (nSPS) is 10.8. The van der Waals surface area contributed by atoms with Crippen molar-refractivity contribution in [3.63, 3.8) is 0 Å². The van der Waals surface area contributed by atoms with E-state index in [1.54, 1.807) is 27.5 Å². The van der Waals surface area contributed by atoms with Crippen LogP contribution in [0.2, 0.25) is 0 Å². The van der Waals surface area contributed by atoms with Crippen LogP contribution in [0.25, 0.3) is 11.0 Å². The zero-order chi connectivity index (χ0) is 20.4. The molecule has 9 heteroatoms. The Morgan fingerprint density at radius 2 is 2.14 bits per heavy atom. The molecule has 2 N–H and O–H groups in total. The molecule has 0 radical (unpaired) electrons. The lowest BCUT2D eigenvalue weighted by molar-refractivity contribution is -0.107. The zero-order valence-electron chi connectivity index (χ0n) is 16.0. The first-order valence-electron chi connectivity index (χ1n) is 8.73. The van der Waals surface area contributed by atoms with E-state index < -0.39 is 5.91 Å². The Labute approximate surface area is 162 Å². The predicted octanol–water partition coefficient (Wildman–Crippen LogP) is 2.15. The average Bonchev–Trinajstić information content (AvgIpc) is 3.23. The smallest absolute Gasteiger partial charge is 0.248 e. The first-order chi connectivity index (χ1) is 13.4. The highest BCUT2D eigenvalue weighted by molar-refractivity contribution is 5.99. The summed E-state index contributed by atoms with van der Waals surface area (Å²) >= 11 is 0. The van der Waals surface area contributed by atoms with Gasteiger partial charge in [-0.2, -0.15) is 5.10 Å². The molecule has 28 heavy (non-hydrogen) atoms. The maximum atomic E-state index is 12.0. The minimum Gasteiger partial charge on any atom is -0.494 e. The summed E-state index contributed by atoms with van der Waals surface area (Å²) in [5.74, 6) is 0.786. The average molecular weight is 382 g/mol. The summed E-state index contributed by atoms with van der Waals surface area (Å²) in [7, 11) is 1.50. The van der Waals surface area contributed by atoms with Gasteiger partial charge in [0.15, 0.2) is 0 Å². The summed E-state index contributed by atoms with van der Waals surface area (Å²) in [4.78, 5) is 29.7. The van der Waals surface area contributed by atoms with Gasteiger partial charge in [-0.05, 0) is 26.0 Å². The number of fused-ring (bicyclic) bond motifs is 1. The third-order valence-corrected chi connectivity index (χ3v) is 4.35. The number of nitrogens with two attached hydrogens (primary N) is 1. The monoisotopic (exact) mass is 382 g/mol. The molecule has 2 heterocycles. The molecule has 0 aliphatic carbocycles. The van der Waals surface area contributed by atoms with Crippen LogP contribution >= 0.6 is 0 Å². The van der Waals surface area contributed by atoms with E-state index in [1.807, 2.05) is 19.9 Å². The number of methoxy groups -OCH3 is 1. The van der Waals surface area contributed by atoms with E-state index in [2.05, 4.69) is 16.7 Å². The van der Waals surface area contributed by atoms with Crippen LogP contribution in [-0.4, -0.2) is 38.8 Å². The first kappa shape index (κ1) is 19.2. The fraction of sp³-hybridized carbons (Fsp3) is 0.263. The molecule has 0 saturated heterocycles. The van der Waals surface area contributed by atoms with Gasteiger partial charge in [0.05, 0.1) is 18.3 Å². The van der Waals surface area contributed by atoms with E-state index in [1.165, 1.54) is 12.0 Å². The summed E-state index contributed by atoms with van der Waals surface area (Å²) in [6.07, 6.45) is 2.38. The molecular weight excluding hydrogens is 360 g/mol. The van der Waals surface area contributed by atoms with Gasteiger partial charge in [0.2, 0.25) is 18.3 Å². The summed E-state index contributed by atoms with van der Waals surface area (Å²) in [6, 6.07) is 4.94. The standard InChI is InChI=1S/C19H22N6O3/c1-5-7-23-17-14(9-13(18(20)27)10-15(17)28-4)21-19(23)24(11-26)16-8-12(3)22-25(16)6-2/h5,8-11H,1,6-7H2,2-4H3,(H2,20,27). The number of benzene rings is 1. The van der Waals surface area contributed by atoms with Gasteiger partial charge in [-0.1, -0.05) is 6.08 Å². The van der Waals surface area contributed by atoms with E-state index in [0.29, 0.717) is 48.0 Å². The first-order valence-corrected chi connectivity index (χ1v) is 8.73.